The molecule has 3 N–H and O–H groups in total. The van der Waals surface area contributed by atoms with Crippen molar-refractivity contribution in [3.8, 4) is 0 Å². The number of urea groups is 1. The lowest BCUT2D eigenvalue weighted by molar-refractivity contribution is -0.327. The van der Waals surface area contributed by atoms with Gasteiger partial charge in [-0.25, -0.2) is 15.1 Å². The van der Waals surface area contributed by atoms with Crippen molar-refractivity contribution in [3.05, 3.63) is 0 Å². The van der Waals surface area contributed by atoms with Gasteiger partial charge in [-0.2, -0.15) is 18.7 Å². The molecule has 3 amide bonds. The number of alkyl halides is 2. The van der Waals surface area contributed by atoms with Crippen molar-refractivity contribution in [1.29, 1.82) is 0 Å². The van der Waals surface area contributed by atoms with E-state index in [0.717, 1.165) is 37.1 Å². The van der Waals surface area contributed by atoms with E-state index in [2.05, 4.69) is 15.6 Å². The minimum Gasteiger partial charge on any atom is -0.475 e. The van der Waals surface area contributed by atoms with Crippen LogP contribution in [0.4, 0.5) is 13.6 Å². The molecule has 0 spiro atoms. The van der Waals surface area contributed by atoms with Crippen molar-refractivity contribution >= 4 is 17.9 Å². The van der Waals surface area contributed by atoms with Gasteiger partial charge in [0.05, 0.1) is 12.6 Å². The normalized spacial score (nSPS) is 28.2. The van der Waals surface area contributed by atoms with E-state index in [9.17, 15) is 23.2 Å². The monoisotopic (exact) mass is 406 g/mol. The molecule has 10 nitrogen and oxygen atoms in total. The molecule has 0 radical (unpaired) electrons. The molecule has 3 heterocycles. The highest BCUT2D eigenvalue weighted by Gasteiger charge is 2.53. The van der Waals surface area contributed by atoms with Gasteiger partial charge in [0, 0.05) is 12.6 Å². The van der Waals surface area contributed by atoms with Crippen LogP contribution in [0.2, 0.25) is 0 Å². The fraction of sp³-hybridized carbons (Fsp3) is 0.812. The van der Waals surface area contributed by atoms with E-state index in [1.165, 1.54) is 0 Å². The third-order valence-corrected chi connectivity index (χ3v) is 5.21. The van der Waals surface area contributed by atoms with E-state index >= 15 is 0 Å². The molecule has 2 bridgehead atoms. The predicted octanol–water partition coefficient (Wildman–Crippen LogP) is 0.444. The van der Waals surface area contributed by atoms with E-state index < -0.39 is 36.1 Å². The topological polar surface area (TPSA) is 120 Å². The summed E-state index contributed by atoms with van der Waals surface area (Å²) in [4.78, 5) is 45.8. The summed E-state index contributed by atoms with van der Waals surface area (Å²) in [5, 5.41) is 12.2. The van der Waals surface area contributed by atoms with Crippen molar-refractivity contribution in [2.45, 2.75) is 62.8 Å². The molecule has 3 fully saturated rings. The number of amides is 3. The molecular formula is C16H24F2N4O6. The van der Waals surface area contributed by atoms with Crippen molar-refractivity contribution < 1.29 is 37.9 Å². The number of fused-ring (bicyclic) bond motifs is 2. The third kappa shape index (κ3) is 4.50. The number of carbonyl (C=O) groups excluding carboxylic acids is 2. The Bertz CT molecular complexity index is 614. The summed E-state index contributed by atoms with van der Waals surface area (Å²) in [6.45, 7) is 1.18. The Morgan fingerprint density at radius 1 is 1.25 bits per heavy atom. The molecule has 3 rings (SSSR count). The van der Waals surface area contributed by atoms with Crippen LogP contribution in [0.5, 0.6) is 0 Å². The van der Waals surface area contributed by atoms with Gasteiger partial charge in [-0.15, -0.1) is 0 Å². The van der Waals surface area contributed by atoms with Gasteiger partial charge in [-0.3, -0.25) is 9.63 Å². The molecule has 0 aromatic heterocycles. The first-order chi connectivity index (χ1) is 13.3. The summed E-state index contributed by atoms with van der Waals surface area (Å²) < 4.78 is 26.6. The molecule has 28 heavy (non-hydrogen) atoms. The number of carboxylic acid groups (broad SMARTS) is 1. The Morgan fingerprint density at radius 3 is 2.79 bits per heavy atom. The maximum absolute atomic E-state index is 13.3. The molecule has 3 atom stereocenters. The standard InChI is InChI=1S/C16H24F2N4O6/c17-16(18,14(24)25)28-22-11-5-6-12(21(8-11)15(22)26)13(23)20-27-9-10-4-2-1-3-7-19-10/h10-12,19H,1-9H2,(H,20,23)(H,24,25)/t10-,11+,12-/m0/s1. The number of carboxylic acids is 1. The fourth-order valence-electron chi connectivity index (χ4n) is 3.71. The summed E-state index contributed by atoms with van der Waals surface area (Å²) >= 11 is 0. The summed E-state index contributed by atoms with van der Waals surface area (Å²) in [6.07, 6.45) is 0.193. The van der Waals surface area contributed by atoms with Gasteiger partial charge < -0.3 is 15.3 Å². The number of halogens is 2. The van der Waals surface area contributed by atoms with Crippen LogP contribution in [0.1, 0.15) is 38.5 Å². The van der Waals surface area contributed by atoms with Crippen LogP contribution in [0.25, 0.3) is 0 Å². The Kier molecular flexibility index (Phi) is 6.30. The van der Waals surface area contributed by atoms with Crippen LogP contribution in [-0.2, 0) is 19.3 Å². The zero-order valence-corrected chi connectivity index (χ0v) is 15.2. The van der Waals surface area contributed by atoms with Gasteiger partial charge in [0.2, 0.25) is 0 Å². The molecule has 158 valence electrons. The van der Waals surface area contributed by atoms with E-state index in [4.69, 9.17) is 9.94 Å². The van der Waals surface area contributed by atoms with Gasteiger partial charge in [0.1, 0.15) is 6.04 Å². The average Bonchev–Trinajstić information content (AvgIpc) is 2.85. The average molecular weight is 406 g/mol. The van der Waals surface area contributed by atoms with E-state index in [0.29, 0.717) is 5.06 Å². The molecule has 0 aliphatic carbocycles. The minimum absolute atomic E-state index is 0.00317. The van der Waals surface area contributed by atoms with Crippen LogP contribution in [-0.4, -0.2) is 76.9 Å². The zero-order valence-electron chi connectivity index (χ0n) is 15.2. The maximum Gasteiger partial charge on any atom is 0.476 e. The molecule has 0 unspecified atom stereocenters. The smallest absolute Gasteiger partial charge is 0.475 e. The van der Waals surface area contributed by atoms with Gasteiger partial charge >= 0.3 is 18.1 Å². The summed E-state index contributed by atoms with van der Waals surface area (Å²) in [6, 6.07) is -2.46. The lowest BCUT2D eigenvalue weighted by Crippen LogP contribution is -2.50. The van der Waals surface area contributed by atoms with Crippen LogP contribution in [0.3, 0.4) is 0 Å². The molecule has 0 saturated carbocycles. The quantitative estimate of drug-likeness (QED) is 0.525. The maximum atomic E-state index is 13.3. The van der Waals surface area contributed by atoms with Crippen molar-refractivity contribution in [2.75, 3.05) is 19.7 Å². The third-order valence-electron chi connectivity index (χ3n) is 5.21. The van der Waals surface area contributed by atoms with Crippen LogP contribution >= 0.6 is 0 Å². The lowest BCUT2D eigenvalue weighted by atomic mass is 10.0. The van der Waals surface area contributed by atoms with Crippen LogP contribution < -0.4 is 10.8 Å². The number of hydrogen-bond donors (Lipinski definition) is 3. The molecule has 12 heteroatoms. The molecular weight excluding hydrogens is 382 g/mol. The minimum atomic E-state index is -4.53. The van der Waals surface area contributed by atoms with E-state index in [1.54, 1.807) is 0 Å². The molecule has 3 aliphatic heterocycles. The number of nitrogens with one attached hydrogen (secondary N) is 2. The van der Waals surface area contributed by atoms with Gasteiger partial charge in [-0.05, 0) is 32.2 Å². The summed E-state index contributed by atoms with van der Waals surface area (Å²) in [5.74, 6) is -3.04. The number of hydroxylamine groups is 3. The number of carbonyl (C=O) groups is 3. The zero-order chi connectivity index (χ0) is 20.3. The molecule has 0 aromatic carbocycles. The fourth-order valence-corrected chi connectivity index (χ4v) is 3.71. The number of aliphatic carboxylic acids is 1. The predicted molar refractivity (Wildman–Crippen MR) is 88.8 cm³/mol. The van der Waals surface area contributed by atoms with Crippen LogP contribution in [0.15, 0.2) is 0 Å². The van der Waals surface area contributed by atoms with Crippen molar-refractivity contribution in [2.24, 2.45) is 0 Å². The highest BCUT2D eigenvalue weighted by atomic mass is 19.3. The van der Waals surface area contributed by atoms with E-state index in [-0.39, 0.29) is 32.0 Å². The highest BCUT2D eigenvalue weighted by Crippen LogP contribution is 2.33. The SMILES string of the molecule is O=C(NOC[C@@H]1CCCCCN1)[C@@H]1CC[C@@H]2CN1C(=O)N2OC(F)(F)C(=O)O. The van der Waals surface area contributed by atoms with Gasteiger partial charge in [-0.1, -0.05) is 12.8 Å². The largest absolute Gasteiger partial charge is 0.476 e. The first-order valence-corrected chi connectivity index (χ1v) is 9.35. The molecule has 0 aromatic rings. The summed E-state index contributed by atoms with van der Waals surface area (Å²) in [7, 11) is 0. The van der Waals surface area contributed by atoms with E-state index in [1.807, 2.05) is 0 Å². The Balaban J connectivity index is 1.51. The second-order valence-electron chi connectivity index (χ2n) is 7.20. The van der Waals surface area contributed by atoms with Crippen molar-refractivity contribution in [3.63, 3.8) is 0 Å². The lowest BCUT2D eigenvalue weighted by Gasteiger charge is -2.29. The Morgan fingerprint density at radius 2 is 2.04 bits per heavy atom. The second-order valence-corrected chi connectivity index (χ2v) is 7.20. The Labute approximate surface area is 160 Å². The van der Waals surface area contributed by atoms with Crippen molar-refractivity contribution in [1.82, 2.24) is 20.8 Å². The number of piperidine rings is 1. The highest BCUT2D eigenvalue weighted by molar-refractivity contribution is 5.88. The number of nitrogens with zero attached hydrogens (tertiary/aromatic N) is 2. The molecule has 3 aliphatic rings. The summed E-state index contributed by atoms with van der Waals surface area (Å²) in [5.41, 5.74) is 2.33. The number of hydrogen-bond acceptors (Lipinski definition) is 6. The first-order valence-electron chi connectivity index (χ1n) is 9.35. The first kappa shape index (κ1) is 20.7. The van der Waals surface area contributed by atoms with Gasteiger partial charge in [0.15, 0.2) is 0 Å². The number of rotatable bonds is 7. The second kappa shape index (κ2) is 8.53. The Hall–Kier alpha value is -2.05. The van der Waals surface area contributed by atoms with Gasteiger partial charge in [0.25, 0.3) is 5.91 Å². The molecule has 3 saturated heterocycles. The van der Waals surface area contributed by atoms with Crippen LogP contribution in [0, 0.1) is 0 Å².